The summed E-state index contributed by atoms with van der Waals surface area (Å²) in [5.74, 6) is -2.73. The lowest BCUT2D eigenvalue weighted by atomic mass is 9.92. The molecule has 0 saturated carbocycles. The van der Waals surface area contributed by atoms with Crippen molar-refractivity contribution >= 4 is 11.8 Å². The van der Waals surface area contributed by atoms with Gasteiger partial charge < -0.3 is 5.11 Å². The van der Waals surface area contributed by atoms with Crippen molar-refractivity contribution in [2.45, 2.75) is 12.3 Å². The number of carbonyl (C=O) groups is 2. The zero-order valence-corrected chi connectivity index (χ0v) is 10.1. The van der Waals surface area contributed by atoms with E-state index in [0.29, 0.717) is 11.1 Å². The van der Waals surface area contributed by atoms with Crippen LogP contribution >= 0.6 is 0 Å². The van der Waals surface area contributed by atoms with Gasteiger partial charge in [0, 0.05) is 31.2 Å². The molecule has 1 N–H and O–H groups in total. The first-order chi connectivity index (χ1) is 9.18. The lowest BCUT2D eigenvalue weighted by molar-refractivity contribution is -0.142. The topological polar surface area (TPSA) is 80.1 Å². The van der Waals surface area contributed by atoms with Crippen LogP contribution in [0.4, 0.5) is 0 Å². The zero-order chi connectivity index (χ0) is 13.7. The first-order valence-electron chi connectivity index (χ1n) is 5.73. The number of nitrogens with zero attached hydrogens (tertiary/aromatic N) is 2. The molecule has 5 heteroatoms. The predicted octanol–water partition coefficient (Wildman–Crippen LogP) is 1.46. The Balaban J connectivity index is 2.21. The van der Waals surface area contributed by atoms with E-state index in [1.807, 2.05) is 0 Å². The van der Waals surface area contributed by atoms with Crippen LogP contribution in [-0.2, 0) is 16.0 Å². The molecule has 2 aromatic heterocycles. The molecule has 19 heavy (non-hydrogen) atoms. The number of carboxylic acids is 1. The van der Waals surface area contributed by atoms with Gasteiger partial charge >= 0.3 is 5.97 Å². The Hall–Kier alpha value is -2.56. The number of pyridine rings is 2. The van der Waals surface area contributed by atoms with Gasteiger partial charge in [-0.1, -0.05) is 12.1 Å². The monoisotopic (exact) mass is 256 g/mol. The molecule has 2 aromatic rings. The maximum absolute atomic E-state index is 12.1. The van der Waals surface area contributed by atoms with Crippen LogP contribution in [0, 0.1) is 0 Å². The van der Waals surface area contributed by atoms with E-state index in [1.54, 1.807) is 36.7 Å². The molecule has 2 heterocycles. The van der Waals surface area contributed by atoms with Crippen molar-refractivity contribution in [1.82, 2.24) is 9.97 Å². The van der Waals surface area contributed by atoms with Crippen molar-refractivity contribution in [1.29, 1.82) is 0 Å². The first kappa shape index (κ1) is 12.9. The Labute approximate surface area is 110 Å². The molecule has 0 bridgehead atoms. The van der Waals surface area contributed by atoms with E-state index in [9.17, 15) is 14.7 Å². The van der Waals surface area contributed by atoms with Crippen LogP contribution < -0.4 is 0 Å². The highest BCUT2D eigenvalue weighted by Crippen LogP contribution is 2.18. The minimum atomic E-state index is -1.19. The minimum absolute atomic E-state index is 0.0414. The van der Waals surface area contributed by atoms with Gasteiger partial charge in [0.2, 0.25) is 0 Å². The van der Waals surface area contributed by atoms with Crippen LogP contribution in [-0.4, -0.2) is 26.8 Å². The van der Waals surface area contributed by atoms with Gasteiger partial charge in [0.25, 0.3) is 0 Å². The van der Waals surface area contributed by atoms with E-state index < -0.39 is 11.9 Å². The summed E-state index contributed by atoms with van der Waals surface area (Å²) in [6.07, 6.45) is 6.14. The largest absolute Gasteiger partial charge is 0.480 e. The van der Waals surface area contributed by atoms with Crippen molar-refractivity contribution < 1.29 is 14.7 Å². The molecule has 0 aliphatic carbocycles. The minimum Gasteiger partial charge on any atom is -0.480 e. The summed E-state index contributed by atoms with van der Waals surface area (Å²) < 4.78 is 0. The van der Waals surface area contributed by atoms with Crippen molar-refractivity contribution in [2.75, 3.05) is 0 Å². The van der Waals surface area contributed by atoms with Crippen LogP contribution in [0.1, 0.15) is 17.0 Å². The van der Waals surface area contributed by atoms with Gasteiger partial charge in [-0.05, 0) is 23.3 Å². The molecule has 0 radical (unpaired) electrons. The van der Waals surface area contributed by atoms with Crippen LogP contribution in [0.2, 0.25) is 0 Å². The number of carboxylic acid groups (broad SMARTS) is 1. The van der Waals surface area contributed by atoms with E-state index in [4.69, 9.17) is 0 Å². The summed E-state index contributed by atoms with van der Waals surface area (Å²) >= 11 is 0. The van der Waals surface area contributed by atoms with E-state index in [2.05, 4.69) is 9.97 Å². The molecule has 0 fully saturated rings. The molecule has 96 valence electrons. The Morgan fingerprint density at radius 2 is 1.79 bits per heavy atom. The van der Waals surface area contributed by atoms with Crippen molar-refractivity contribution in [3.63, 3.8) is 0 Å². The molecule has 0 spiro atoms. The van der Waals surface area contributed by atoms with E-state index in [0.717, 1.165) is 0 Å². The molecule has 5 nitrogen and oxygen atoms in total. The SMILES string of the molecule is O=C(O)C(C(=O)Cc1cccnc1)c1cccnc1. The number of aromatic nitrogens is 2. The Morgan fingerprint density at radius 1 is 1.11 bits per heavy atom. The number of hydrogen-bond donors (Lipinski definition) is 1. The van der Waals surface area contributed by atoms with Gasteiger partial charge in [0.15, 0.2) is 5.78 Å². The predicted molar refractivity (Wildman–Crippen MR) is 67.6 cm³/mol. The second kappa shape index (κ2) is 5.86. The zero-order valence-electron chi connectivity index (χ0n) is 10.1. The number of carbonyl (C=O) groups excluding carboxylic acids is 1. The van der Waals surface area contributed by atoms with E-state index >= 15 is 0 Å². The molecule has 2 rings (SSSR count). The van der Waals surface area contributed by atoms with Gasteiger partial charge in [-0.3, -0.25) is 19.6 Å². The van der Waals surface area contributed by atoms with Gasteiger partial charge in [-0.15, -0.1) is 0 Å². The maximum Gasteiger partial charge on any atom is 0.318 e. The Bertz CT molecular complexity index is 570. The van der Waals surface area contributed by atoms with Crippen LogP contribution in [0.15, 0.2) is 49.1 Å². The highest BCUT2D eigenvalue weighted by atomic mass is 16.4. The molecule has 0 amide bonds. The average molecular weight is 256 g/mol. The molecular weight excluding hydrogens is 244 g/mol. The normalized spacial score (nSPS) is 11.8. The highest BCUT2D eigenvalue weighted by Gasteiger charge is 2.28. The number of aliphatic carboxylic acids is 1. The smallest absolute Gasteiger partial charge is 0.318 e. The quantitative estimate of drug-likeness (QED) is 0.819. The summed E-state index contributed by atoms with van der Waals surface area (Å²) in [7, 11) is 0. The maximum atomic E-state index is 12.1. The number of Topliss-reactive ketones (excluding diaryl/α,β-unsaturated/α-hetero) is 1. The third-order valence-electron chi connectivity index (χ3n) is 2.69. The lowest BCUT2D eigenvalue weighted by Crippen LogP contribution is -2.23. The average Bonchev–Trinajstić information content (AvgIpc) is 2.40. The van der Waals surface area contributed by atoms with E-state index in [-0.39, 0.29) is 12.2 Å². The number of rotatable bonds is 5. The van der Waals surface area contributed by atoms with Gasteiger partial charge in [-0.25, -0.2) is 0 Å². The second-order valence-electron chi connectivity index (χ2n) is 4.06. The summed E-state index contributed by atoms with van der Waals surface area (Å²) in [4.78, 5) is 31.1. The highest BCUT2D eigenvalue weighted by molar-refractivity contribution is 6.04. The fourth-order valence-electron chi connectivity index (χ4n) is 1.82. The fraction of sp³-hybridized carbons (Fsp3) is 0.143. The third kappa shape index (κ3) is 3.22. The van der Waals surface area contributed by atoms with Gasteiger partial charge in [-0.2, -0.15) is 0 Å². The Morgan fingerprint density at radius 3 is 2.32 bits per heavy atom. The molecule has 0 aromatic carbocycles. The van der Waals surface area contributed by atoms with Gasteiger partial charge in [0.05, 0.1) is 0 Å². The second-order valence-corrected chi connectivity index (χ2v) is 4.06. The molecule has 1 atom stereocenters. The molecular formula is C14H12N2O3. The number of ketones is 1. The van der Waals surface area contributed by atoms with Gasteiger partial charge in [0.1, 0.15) is 5.92 Å². The van der Waals surface area contributed by atoms with E-state index in [1.165, 1.54) is 12.4 Å². The molecule has 0 aliphatic heterocycles. The van der Waals surface area contributed by atoms with Crippen LogP contribution in [0.25, 0.3) is 0 Å². The Kier molecular flexibility index (Phi) is 3.97. The number of hydrogen-bond acceptors (Lipinski definition) is 4. The van der Waals surface area contributed by atoms with Crippen LogP contribution in [0.5, 0.6) is 0 Å². The first-order valence-corrected chi connectivity index (χ1v) is 5.73. The lowest BCUT2D eigenvalue weighted by Gasteiger charge is -2.11. The fourth-order valence-corrected chi connectivity index (χ4v) is 1.82. The summed E-state index contributed by atoms with van der Waals surface area (Å²) in [6, 6.07) is 6.66. The summed E-state index contributed by atoms with van der Waals surface area (Å²) in [5.41, 5.74) is 1.09. The van der Waals surface area contributed by atoms with Crippen molar-refractivity contribution in [2.24, 2.45) is 0 Å². The molecule has 0 saturated heterocycles. The molecule has 1 unspecified atom stereocenters. The third-order valence-corrected chi connectivity index (χ3v) is 2.69. The summed E-state index contributed by atoms with van der Waals surface area (Å²) in [6.45, 7) is 0. The summed E-state index contributed by atoms with van der Waals surface area (Å²) in [5, 5.41) is 9.21. The molecule has 0 aliphatic rings. The standard InChI is InChI=1S/C14H12N2O3/c17-12(7-10-3-1-5-15-8-10)13(14(18)19)11-4-2-6-16-9-11/h1-6,8-9,13H,7H2,(H,18,19). The van der Waals surface area contributed by atoms with Crippen LogP contribution in [0.3, 0.4) is 0 Å². The van der Waals surface area contributed by atoms with Crippen molar-refractivity contribution in [3.8, 4) is 0 Å². The van der Waals surface area contributed by atoms with Crippen molar-refractivity contribution in [3.05, 3.63) is 60.2 Å².